The van der Waals surface area contributed by atoms with Gasteiger partial charge in [0, 0.05) is 5.39 Å². The van der Waals surface area contributed by atoms with Crippen molar-refractivity contribution in [2.75, 3.05) is 21.3 Å². The summed E-state index contributed by atoms with van der Waals surface area (Å²) in [6, 6.07) is 37.3. The number of aryl methyl sites for hydroxylation is 3. The number of fused-ring (bicyclic) bond motifs is 3. The molecule has 3 nitrogen and oxygen atoms in total. The van der Waals surface area contributed by atoms with E-state index in [0.717, 1.165) is 17.2 Å². The molecule has 0 bridgehead atoms. The van der Waals surface area contributed by atoms with Gasteiger partial charge in [0.15, 0.2) is 0 Å². The molecule has 0 atom stereocenters. The summed E-state index contributed by atoms with van der Waals surface area (Å²) in [5.41, 5.74) is 3.73. The fraction of sp³-hybridized carbons (Fsp3) is 0.250. The van der Waals surface area contributed by atoms with Crippen molar-refractivity contribution in [3.05, 3.63) is 126 Å². The van der Waals surface area contributed by atoms with Crippen LogP contribution in [0.2, 0.25) is 0 Å². The van der Waals surface area contributed by atoms with Crippen molar-refractivity contribution in [3.8, 4) is 17.2 Å². The van der Waals surface area contributed by atoms with Crippen molar-refractivity contribution >= 4 is 32.3 Å². The van der Waals surface area contributed by atoms with E-state index in [9.17, 15) is 0 Å². The van der Waals surface area contributed by atoms with Crippen molar-refractivity contribution in [3.63, 3.8) is 0 Å². The number of hydrogen-bond donors (Lipinski definition) is 0. The molecule has 0 heterocycles. The molecule has 0 N–H and O–H groups in total. The van der Waals surface area contributed by atoms with Gasteiger partial charge in [-0.3, -0.25) is 0 Å². The van der Waals surface area contributed by atoms with E-state index in [1.54, 1.807) is 21.3 Å². The summed E-state index contributed by atoms with van der Waals surface area (Å²) < 4.78 is 15.7. The molecule has 6 aromatic rings. The lowest BCUT2D eigenvalue weighted by Crippen LogP contribution is -1.86. The van der Waals surface area contributed by atoms with Crippen LogP contribution >= 0.6 is 0 Å². The Labute approximate surface area is 259 Å². The summed E-state index contributed by atoms with van der Waals surface area (Å²) in [6.07, 6.45) is 0. The van der Waals surface area contributed by atoms with Gasteiger partial charge in [-0.25, -0.2) is 0 Å². The van der Waals surface area contributed by atoms with Gasteiger partial charge in [0.05, 0.1) is 21.3 Å². The molecular formula is C40H48O3. The van der Waals surface area contributed by atoms with E-state index in [1.165, 1.54) is 49.0 Å². The summed E-state index contributed by atoms with van der Waals surface area (Å²) >= 11 is 0. The topological polar surface area (TPSA) is 27.7 Å². The molecule has 6 rings (SSSR count). The standard InChI is InChI=1S/3C12H12O.2C2H6/c1-9-7-11(13-2)8-10-5-3-4-6-12(9)10;1-9-7-10-5-3-4-6-11(10)8-12(9)13-2;1-9-7-8-12(13-2)11-6-4-3-5-10(9)11;2*1-2/h3*3-8H,1-2H3;2*1-2H3. The van der Waals surface area contributed by atoms with E-state index in [4.69, 9.17) is 14.2 Å². The first-order valence-electron chi connectivity index (χ1n) is 15.0. The van der Waals surface area contributed by atoms with Crippen LogP contribution in [0.3, 0.4) is 0 Å². The Morgan fingerprint density at radius 1 is 0.372 bits per heavy atom. The summed E-state index contributed by atoms with van der Waals surface area (Å²) in [7, 11) is 5.11. The molecule has 0 amide bonds. The fourth-order valence-corrected chi connectivity index (χ4v) is 4.74. The lowest BCUT2D eigenvalue weighted by atomic mass is 10.1. The van der Waals surface area contributed by atoms with E-state index < -0.39 is 0 Å². The summed E-state index contributed by atoms with van der Waals surface area (Å²) in [6.45, 7) is 14.3. The summed E-state index contributed by atoms with van der Waals surface area (Å²) in [5, 5.41) is 7.47. The third-order valence-corrected chi connectivity index (χ3v) is 6.86. The second-order valence-corrected chi connectivity index (χ2v) is 9.46. The van der Waals surface area contributed by atoms with Crippen molar-refractivity contribution in [1.29, 1.82) is 0 Å². The molecule has 6 aromatic carbocycles. The smallest absolute Gasteiger partial charge is 0.126 e. The molecule has 0 aliphatic heterocycles. The Morgan fingerprint density at radius 2 is 0.884 bits per heavy atom. The Hall–Kier alpha value is -4.50. The first kappa shape index (κ1) is 34.7. The van der Waals surface area contributed by atoms with Crippen LogP contribution in [-0.2, 0) is 0 Å². The Kier molecular flexibility index (Phi) is 14.6. The molecule has 0 radical (unpaired) electrons. The van der Waals surface area contributed by atoms with E-state index in [2.05, 4.69) is 99.6 Å². The van der Waals surface area contributed by atoms with Gasteiger partial charge in [0.25, 0.3) is 0 Å². The van der Waals surface area contributed by atoms with Crippen LogP contribution in [0.1, 0.15) is 44.4 Å². The SMILES string of the molecule is CC.CC.COc1cc(C)c2ccccc2c1.COc1cc2ccccc2cc1C.COc1ccc(C)c2ccccc12. The van der Waals surface area contributed by atoms with Crippen molar-refractivity contribution in [2.24, 2.45) is 0 Å². The number of benzene rings is 6. The van der Waals surface area contributed by atoms with E-state index in [-0.39, 0.29) is 0 Å². The molecule has 43 heavy (non-hydrogen) atoms. The van der Waals surface area contributed by atoms with Crippen LogP contribution < -0.4 is 14.2 Å². The maximum absolute atomic E-state index is 5.28. The highest BCUT2D eigenvalue weighted by Gasteiger charge is 2.02. The maximum Gasteiger partial charge on any atom is 0.126 e. The zero-order valence-electron chi connectivity index (χ0n) is 27.6. The van der Waals surface area contributed by atoms with Crippen molar-refractivity contribution in [2.45, 2.75) is 48.5 Å². The molecule has 226 valence electrons. The van der Waals surface area contributed by atoms with Crippen molar-refractivity contribution in [1.82, 2.24) is 0 Å². The highest BCUT2D eigenvalue weighted by Crippen LogP contribution is 2.28. The normalized spacial score (nSPS) is 9.63. The summed E-state index contributed by atoms with van der Waals surface area (Å²) in [5.74, 6) is 2.83. The molecule has 0 saturated heterocycles. The predicted octanol–water partition coefficient (Wildman–Crippen LogP) is 11.5. The maximum atomic E-state index is 5.28. The van der Waals surface area contributed by atoms with Crippen molar-refractivity contribution < 1.29 is 14.2 Å². The molecule has 0 aromatic heterocycles. The van der Waals surface area contributed by atoms with Gasteiger partial charge >= 0.3 is 0 Å². The minimum atomic E-state index is 0.927. The molecule has 0 fully saturated rings. The van der Waals surface area contributed by atoms with E-state index in [0.29, 0.717) is 0 Å². The fourth-order valence-electron chi connectivity index (χ4n) is 4.74. The first-order chi connectivity index (χ1) is 20.9. The zero-order valence-corrected chi connectivity index (χ0v) is 27.6. The molecule has 3 heteroatoms. The monoisotopic (exact) mass is 576 g/mol. The van der Waals surface area contributed by atoms with Gasteiger partial charge in [0.2, 0.25) is 0 Å². The third-order valence-electron chi connectivity index (χ3n) is 6.86. The molecule has 0 aliphatic rings. The van der Waals surface area contributed by atoms with Crippen LogP contribution in [0.4, 0.5) is 0 Å². The first-order valence-corrected chi connectivity index (χ1v) is 15.0. The van der Waals surface area contributed by atoms with Crippen LogP contribution in [0, 0.1) is 20.8 Å². The van der Waals surface area contributed by atoms with Gasteiger partial charge in [-0.2, -0.15) is 0 Å². The molecule has 0 saturated carbocycles. The van der Waals surface area contributed by atoms with Gasteiger partial charge in [-0.05, 0) is 94.7 Å². The molecular weight excluding hydrogens is 528 g/mol. The minimum Gasteiger partial charge on any atom is -0.497 e. The van der Waals surface area contributed by atoms with Crippen LogP contribution in [0.5, 0.6) is 17.2 Å². The second kappa shape index (κ2) is 18.1. The Bertz CT molecular complexity index is 1700. The highest BCUT2D eigenvalue weighted by molar-refractivity contribution is 5.91. The Balaban J connectivity index is 0.000000212. The average Bonchev–Trinajstić information content (AvgIpc) is 3.07. The number of rotatable bonds is 3. The number of methoxy groups -OCH3 is 3. The number of hydrogen-bond acceptors (Lipinski definition) is 3. The predicted molar refractivity (Wildman–Crippen MR) is 188 cm³/mol. The summed E-state index contributed by atoms with van der Waals surface area (Å²) in [4.78, 5) is 0. The van der Waals surface area contributed by atoms with Gasteiger partial charge in [-0.1, -0.05) is 107 Å². The molecule has 0 aliphatic carbocycles. The number of ether oxygens (including phenoxy) is 3. The third kappa shape index (κ3) is 9.24. The molecule has 0 spiro atoms. The van der Waals surface area contributed by atoms with Crippen LogP contribution in [-0.4, -0.2) is 21.3 Å². The zero-order chi connectivity index (χ0) is 31.8. The second-order valence-electron chi connectivity index (χ2n) is 9.46. The quantitative estimate of drug-likeness (QED) is 0.210. The van der Waals surface area contributed by atoms with Gasteiger partial charge < -0.3 is 14.2 Å². The minimum absolute atomic E-state index is 0.927. The largest absolute Gasteiger partial charge is 0.497 e. The molecule has 0 unspecified atom stereocenters. The van der Waals surface area contributed by atoms with Gasteiger partial charge in [0.1, 0.15) is 17.2 Å². The average molecular weight is 577 g/mol. The Morgan fingerprint density at radius 3 is 1.47 bits per heavy atom. The van der Waals surface area contributed by atoms with Gasteiger partial charge in [-0.15, -0.1) is 0 Å². The van der Waals surface area contributed by atoms with E-state index >= 15 is 0 Å². The lowest BCUT2D eigenvalue weighted by molar-refractivity contribution is 0.412. The lowest BCUT2D eigenvalue weighted by Gasteiger charge is -2.06. The van der Waals surface area contributed by atoms with Crippen LogP contribution in [0.25, 0.3) is 32.3 Å². The van der Waals surface area contributed by atoms with Crippen LogP contribution in [0.15, 0.2) is 109 Å². The highest BCUT2D eigenvalue weighted by atomic mass is 16.5. The van der Waals surface area contributed by atoms with E-state index in [1.807, 2.05) is 58.0 Å².